The molecule has 7 heteroatoms. The first-order valence-corrected chi connectivity index (χ1v) is 5.25. The van der Waals surface area contributed by atoms with Gasteiger partial charge in [-0.2, -0.15) is 0 Å². The predicted octanol–water partition coefficient (Wildman–Crippen LogP) is 2.51. The van der Waals surface area contributed by atoms with Crippen molar-refractivity contribution >= 4 is 17.5 Å². The minimum Gasteiger partial charge on any atom is -0.476 e. The molecule has 0 saturated carbocycles. The van der Waals surface area contributed by atoms with E-state index in [1.54, 1.807) is 0 Å². The largest absolute Gasteiger partial charge is 0.476 e. The number of benzene rings is 1. The zero-order valence-corrected chi connectivity index (χ0v) is 9.82. The van der Waals surface area contributed by atoms with E-state index in [9.17, 15) is 13.6 Å². The summed E-state index contributed by atoms with van der Waals surface area (Å²) in [4.78, 5) is 17.9. The molecule has 0 aliphatic carbocycles. The third-order valence-electron chi connectivity index (χ3n) is 2.38. The van der Waals surface area contributed by atoms with E-state index in [0.29, 0.717) is 0 Å². The van der Waals surface area contributed by atoms with Gasteiger partial charge in [0, 0.05) is 6.07 Å². The monoisotopic (exact) mass is 265 g/mol. The SMILES string of the molecule is Cc1cc(F)c(Nc2cnc(C(=O)O)cn2)cc1F. The van der Waals surface area contributed by atoms with Gasteiger partial charge in [-0.25, -0.2) is 23.5 Å². The zero-order chi connectivity index (χ0) is 14.0. The molecule has 0 radical (unpaired) electrons. The number of carbonyl (C=O) groups is 1. The molecule has 0 atom stereocenters. The maximum Gasteiger partial charge on any atom is 0.356 e. The highest BCUT2D eigenvalue weighted by Gasteiger charge is 2.09. The van der Waals surface area contributed by atoms with Gasteiger partial charge in [-0.05, 0) is 18.6 Å². The van der Waals surface area contributed by atoms with E-state index in [2.05, 4.69) is 15.3 Å². The fraction of sp³-hybridized carbons (Fsp3) is 0.0833. The van der Waals surface area contributed by atoms with Crippen LogP contribution in [0.5, 0.6) is 0 Å². The second-order valence-corrected chi connectivity index (χ2v) is 3.80. The summed E-state index contributed by atoms with van der Waals surface area (Å²) in [7, 11) is 0. The van der Waals surface area contributed by atoms with Gasteiger partial charge in [0.1, 0.15) is 17.5 Å². The van der Waals surface area contributed by atoms with Crippen LogP contribution in [0.4, 0.5) is 20.3 Å². The summed E-state index contributed by atoms with van der Waals surface area (Å²) in [6.07, 6.45) is 2.15. The number of halogens is 2. The Morgan fingerprint density at radius 3 is 2.53 bits per heavy atom. The third kappa shape index (κ3) is 2.82. The molecule has 2 rings (SSSR count). The number of hydrogen-bond donors (Lipinski definition) is 2. The Morgan fingerprint density at radius 1 is 1.21 bits per heavy atom. The first-order chi connectivity index (χ1) is 8.97. The molecule has 0 aliphatic rings. The summed E-state index contributed by atoms with van der Waals surface area (Å²) in [6.45, 7) is 1.45. The topological polar surface area (TPSA) is 75.1 Å². The number of nitrogens with one attached hydrogen (secondary N) is 1. The van der Waals surface area contributed by atoms with Gasteiger partial charge in [-0.3, -0.25) is 0 Å². The van der Waals surface area contributed by atoms with E-state index in [0.717, 1.165) is 24.5 Å². The second-order valence-electron chi connectivity index (χ2n) is 3.80. The van der Waals surface area contributed by atoms with Gasteiger partial charge in [0.2, 0.25) is 0 Å². The molecule has 1 aromatic heterocycles. The van der Waals surface area contributed by atoms with Gasteiger partial charge in [-0.15, -0.1) is 0 Å². The van der Waals surface area contributed by atoms with Crippen molar-refractivity contribution in [2.24, 2.45) is 0 Å². The fourth-order valence-corrected chi connectivity index (χ4v) is 1.38. The summed E-state index contributed by atoms with van der Waals surface area (Å²) in [5.74, 6) is -2.29. The van der Waals surface area contributed by atoms with Crippen LogP contribution in [-0.2, 0) is 0 Å². The van der Waals surface area contributed by atoms with E-state index in [1.807, 2.05) is 0 Å². The average Bonchev–Trinajstić information content (AvgIpc) is 2.36. The van der Waals surface area contributed by atoms with Gasteiger partial charge in [0.05, 0.1) is 18.1 Å². The highest BCUT2D eigenvalue weighted by Crippen LogP contribution is 2.21. The van der Waals surface area contributed by atoms with Crippen LogP contribution in [0, 0.1) is 18.6 Å². The molecule has 19 heavy (non-hydrogen) atoms. The molecule has 5 nitrogen and oxygen atoms in total. The van der Waals surface area contributed by atoms with Crippen LogP contribution in [0.3, 0.4) is 0 Å². The lowest BCUT2D eigenvalue weighted by molar-refractivity contribution is 0.0690. The molecule has 0 saturated heterocycles. The minimum atomic E-state index is -1.22. The molecule has 1 heterocycles. The zero-order valence-electron chi connectivity index (χ0n) is 9.82. The first-order valence-electron chi connectivity index (χ1n) is 5.25. The van der Waals surface area contributed by atoms with Crippen molar-refractivity contribution in [3.05, 3.63) is 47.4 Å². The first kappa shape index (κ1) is 12.9. The van der Waals surface area contributed by atoms with Crippen molar-refractivity contribution < 1.29 is 18.7 Å². The van der Waals surface area contributed by atoms with Crippen molar-refractivity contribution in [1.82, 2.24) is 9.97 Å². The summed E-state index contributed by atoms with van der Waals surface area (Å²) in [5, 5.41) is 11.2. The van der Waals surface area contributed by atoms with Crippen LogP contribution >= 0.6 is 0 Å². The second kappa shape index (κ2) is 4.97. The standard InChI is InChI=1S/C12H9F2N3O2/c1-6-2-8(14)9(3-7(6)13)17-11-5-15-10(4-16-11)12(18)19/h2-5H,1H3,(H,16,17)(H,18,19). The van der Waals surface area contributed by atoms with E-state index in [4.69, 9.17) is 5.11 Å². The van der Waals surface area contributed by atoms with Crippen LogP contribution in [0.15, 0.2) is 24.5 Å². The van der Waals surface area contributed by atoms with Crippen molar-refractivity contribution in [2.45, 2.75) is 6.92 Å². The van der Waals surface area contributed by atoms with Crippen molar-refractivity contribution in [2.75, 3.05) is 5.32 Å². The maximum absolute atomic E-state index is 13.6. The number of aromatic carboxylic acids is 1. The predicted molar refractivity (Wildman–Crippen MR) is 63.4 cm³/mol. The molecule has 98 valence electrons. The highest BCUT2D eigenvalue weighted by atomic mass is 19.1. The molecule has 0 bridgehead atoms. The van der Waals surface area contributed by atoms with Gasteiger partial charge in [0.15, 0.2) is 5.69 Å². The molecule has 2 aromatic rings. The molecule has 1 aromatic carbocycles. The van der Waals surface area contributed by atoms with Crippen LogP contribution in [-0.4, -0.2) is 21.0 Å². The fourth-order valence-electron chi connectivity index (χ4n) is 1.38. The Balaban J connectivity index is 2.26. The smallest absolute Gasteiger partial charge is 0.356 e. The van der Waals surface area contributed by atoms with Crippen molar-refractivity contribution in [3.8, 4) is 0 Å². The maximum atomic E-state index is 13.6. The molecule has 2 N–H and O–H groups in total. The Hall–Kier alpha value is -2.57. The lowest BCUT2D eigenvalue weighted by atomic mass is 10.2. The van der Waals surface area contributed by atoms with Gasteiger partial charge >= 0.3 is 5.97 Å². The molecular weight excluding hydrogens is 256 g/mol. The number of carboxylic acids is 1. The number of aromatic nitrogens is 2. The van der Waals surface area contributed by atoms with Gasteiger partial charge < -0.3 is 10.4 Å². The van der Waals surface area contributed by atoms with E-state index in [-0.39, 0.29) is 22.8 Å². The lowest BCUT2D eigenvalue weighted by Gasteiger charge is -2.08. The van der Waals surface area contributed by atoms with Gasteiger partial charge in [-0.1, -0.05) is 0 Å². The van der Waals surface area contributed by atoms with Crippen LogP contribution in [0.1, 0.15) is 16.1 Å². The normalized spacial score (nSPS) is 10.3. The number of aryl methyl sites for hydroxylation is 1. The Kier molecular flexibility index (Phi) is 3.37. The summed E-state index contributed by atoms with van der Waals surface area (Å²) < 4.78 is 26.9. The Labute approximate surface area is 106 Å². The summed E-state index contributed by atoms with van der Waals surface area (Å²) >= 11 is 0. The quantitative estimate of drug-likeness (QED) is 0.891. The lowest BCUT2D eigenvalue weighted by Crippen LogP contribution is -2.03. The Morgan fingerprint density at radius 2 is 1.95 bits per heavy atom. The summed E-state index contributed by atoms with van der Waals surface area (Å²) in [6, 6.07) is 2.05. The molecular formula is C12H9F2N3O2. The van der Waals surface area contributed by atoms with E-state index in [1.165, 1.54) is 6.92 Å². The molecule has 0 amide bonds. The number of nitrogens with zero attached hydrogens (tertiary/aromatic N) is 2. The molecule has 0 aliphatic heterocycles. The number of rotatable bonds is 3. The van der Waals surface area contributed by atoms with Gasteiger partial charge in [0.25, 0.3) is 0 Å². The number of anilines is 2. The molecule has 0 fully saturated rings. The van der Waals surface area contributed by atoms with Crippen LogP contribution in [0.2, 0.25) is 0 Å². The van der Waals surface area contributed by atoms with E-state index >= 15 is 0 Å². The average molecular weight is 265 g/mol. The number of hydrogen-bond acceptors (Lipinski definition) is 4. The summed E-state index contributed by atoms with van der Waals surface area (Å²) in [5.41, 5.74) is -0.142. The third-order valence-corrected chi connectivity index (χ3v) is 2.38. The highest BCUT2D eigenvalue weighted by molar-refractivity contribution is 5.85. The van der Waals surface area contributed by atoms with Crippen molar-refractivity contribution in [1.29, 1.82) is 0 Å². The van der Waals surface area contributed by atoms with E-state index < -0.39 is 17.6 Å². The number of carboxylic acid groups (broad SMARTS) is 1. The molecule has 0 unspecified atom stereocenters. The Bertz CT molecular complexity index is 630. The van der Waals surface area contributed by atoms with Crippen LogP contribution in [0.25, 0.3) is 0 Å². The molecule has 0 spiro atoms. The van der Waals surface area contributed by atoms with Crippen molar-refractivity contribution in [3.63, 3.8) is 0 Å². The minimum absolute atomic E-state index is 0.0968. The van der Waals surface area contributed by atoms with Crippen LogP contribution < -0.4 is 5.32 Å².